The van der Waals surface area contributed by atoms with Gasteiger partial charge in [0.2, 0.25) is 0 Å². The Morgan fingerprint density at radius 1 is 1.45 bits per heavy atom. The van der Waals surface area contributed by atoms with Crippen molar-refractivity contribution in [1.29, 1.82) is 0 Å². The SMILES string of the molecule is CC(C)Cc1c(C(=O)O)nnn1CCc1nccn1C. The van der Waals surface area contributed by atoms with Crippen molar-refractivity contribution in [3.8, 4) is 0 Å². The van der Waals surface area contributed by atoms with Crippen LogP contribution in [0.1, 0.15) is 35.9 Å². The van der Waals surface area contributed by atoms with Crippen LogP contribution in [0.3, 0.4) is 0 Å². The topological polar surface area (TPSA) is 85.8 Å². The summed E-state index contributed by atoms with van der Waals surface area (Å²) in [5.74, 6) is 0.260. The van der Waals surface area contributed by atoms with Crippen LogP contribution in [0.5, 0.6) is 0 Å². The van der Waals surface area contributed by atoms with Gasteiger partial charge in [-0.3, -0.25) is 0 Å². The molecule has 2 heterocycles. The van der Waals surface area contributed by atoms with Crippen molar-refractivity contribution in [2.75, 3.05) is 0 Å². The van der Waals surface area contributed by atoms with E-state index >= 15 is 0 Å². The monoisotopic (exact) mass is 277 g/mol. The predicted molar refractivity (Wildman–Crippen MR) is 72.4 cm³/mol. The number of carboxylic acids is 1. The summed E-state index contributed by atoms with van der Waals surface area (Å²) in [6.07, 6.45) is 4.97. The fraction of sp³-hybridized carbons (Fsp3) is 0.538. The van der Waals surface area contributed by atoms with Crippen LogP contribution in [0, 0.1) is 5.92 Å². The number of carbonyl (C=O) groups is 1. The standard InChI is InChI=1S/C13H19N5O2/c1-9(2)8-10-12(13(19)20)15-16-18(10)6-4-11-14-5-7-17(11)3/h5,7,9H,4,6,8H2,1-3H3,(H,19,20). The van der Waals surface area contributed by atoms with Crippen LogP contribution in [-0.2, 0) is 26.4 Å². The highest BCUT2D eigenvalue weighted by atomic mass is 16.4. The molecule has 7 heteroatoms. The van der Waals surface area contributed by atoms with Crippen molar-refractivity contribution in [2.45, 2.75) is 33.2 Å². The molecule has 0 aromatic carbocycles. The van der Waals surface area contributed by atoms with E-state index in [4.69, 9.17) is 5.11 Å². The third kappa shape index (κ3) is 3.04. The molecule has 0 unspecified atom stereocenters. The lowest BCUT2D eigenvalue weighted by Gasteiger charge is -2.09. The first kappa shape index (κ1) is 14.2. The van der Waals surface area contributed by atoms with Gasteiger partial charge in [0.15, 0.2) is 5.69 Å². The first-order valence-electron chi connectivity index (χ1n) is 6.61. The minimum atomic E-state index is -1.02. The summed E-state index contributed by atoms with van der Waals surface area (Å²) in [4.78, 5) is 15.4. The number of carboxylic acid groups (broad SMARTS) is 1. The highest BCUT2D eigenvalue weighted by Gasteiger charge is 2.19. The molecule has 0 fully saturated rings. The van der Waals surface area contributed by atoms with Crippen molar-refractivity contribution < 1.29 is 9.90 Å². The van der Waals surface area contributed by atoms with E-state index in [0.717, 1.165) is 5.82 Å². The maximum atomic E-state index is 11.2. The van der Waals surface area contributed by atoms with Crippen molar-refractivity contribution >= 4 is 5.97 Å². The Hall–Kier alpha value is -2.18. The van der Waals surface area contributed by atoms with Crippen LogP contribution >= 0.6 is 0 Å². The zero-order valence-electron chi connectivity index (χ0n) is 11.9. The molecule has 20 heavy (non-hydrogen) atoms. The third-order valence-electron chi connectivity index (χ3n) is 3.11. The zero-order valence-corrected chi connectivity index (χ0v) is 11.9. The first-order valence-corrected chi connectivity index (χ1v) is 6.61. The molecule has 2 aromatic heterocycles. The van der Waals surface area contributed by atoms with Gasteiger partial charge in [-0.25, -0.2) is 14.5 Å². The maximum absolute atomic E-state index is 11.2. The van der Waals surface area contributed by atoms with Gasteiger partial charge in [0.25, 0.3) is 0 Å². The van der Waals surface area contributed by atoms with E-state index in [1.807, 2.05) is 31.7 Å². The van der Waals surface area contributed by atoms with Gasteiger partial charge < -0.3 is 9.67 Å². The molecule has 2 aromatic rings. The Labute approximate surface area is 117 Å². The van der Waals surface area contributed by atoms with Gasteiger partial charge in [-0.2, -0.15) is 0 Å². The fourth-order valence-electron chi connectivity index (χ4n) is 2.11. The van der Waals surface area contributed by atoms with E-state index in [1.54, 1.807) is 10.9 Å². The molecule has 2 rings (SSSR count). The number of aromatic carboxylic acids is 1. The van der Waals surface area contributed by atoms with Crippen LogP contribution in [0.2, 0.25) is 0 Å². The molecular formula is C13H19N5O2. The summed E-state index contributed by atoms with van der Waals surface area (Å²) in [6.45, 7) is 4.66. The van der Waals surface area contributed by atoms with E-state index in [0.29, 0.717) is 31.0 Å². The van der Waals surface area contributed by atoms with Gasteiger partial charge in [0, 0.05) is 25.9 Å². The highest BCUT2D eigenvalue weighted by molar-refractivity contribution is 5.86. The lowest BCUT2D eigenvalue weighted by molar-refractivity contribution is 0.0689. The van der Waals surface area contributed by atoms with Gasteiger partial charge in [0.1, 0.15) is 5.82 Å². The quantitative estimate of drug-likeness (QED) is 0.856. The number of hydrogen-bond donors (Lipinski definition) is 1. The number of aryl methyl sites for hydroxylation is 3. The van der Waals surface area contributed by atoms with E-state index < -0.39 is 5.97 Å². The second kappa shape index (κ2) is 5.85. The third-order valence-corrected chi connectivity index (χ3v) is 3.11. The molecular weight excluding hydrogens is 258 g/mol. The highest BCUT2D eigenvalue weighted by Crippen LogP contribution is 2.12. The van der Waals surface area contributed by atoms with E-state index in [9.17, 15) is 4.79 Å². The second-order valence-corrected chi connectivity index (χ2v) is 5.22. The van der Waals surface area contributed by atoms with Gasteiger partial charge in [-0.1, -0.05) is 19.1 Å². The second-order valence-electron chi connectivity index (χ2n) is 5.22. The molecule has 7 nitrogen and oxygen atoms in total. The summed E-state index contributed by atoms with van der Waals surface area (Å²) in [5, 5.41) is 16.9. The normalized spacial score (nSPS) is 11.2. The number of nitrogens with zero attached hydrogens (tertiary/aromatic N) is 5. The Bertz CT molecular complexity index is 600. The molecule has 0 atom stereocenters. The summed E-state index contributed by atoms with van der Waals surface area (Å²) < 4.78 is 3.62. The lowest BCUT2D eigenvalue weighted by atomic mass is 10.1. The van der Waals surface area contributed by atoms with Crippen LogP contribution in [0.25, 0.3) is 0 Å². The molecule has 0 aliphatic carbocycles. The van der Waals surface area contributed by atoms with Gasteiger partial charge >= 0.3 is 5.97 Å². The molecule has 108 valence electrons. The first-order chi connectivity index (χ1) is 9.49. The van der Waals surface area contributed by atoms with Crippen LogP contribution in [-0.4, -0.2) is 35.6 Å². The number of aromatic nitrogens is 5. The number of hydrogen-bond acceptors (Lipinski definition) is 4. The molecule has 0 saturated heterocycles. The van der Waals surface area contributed by atoms with Gasteiger partial charge in [-0.15, -0.1) is 5.10 Å². The largest absolute Gasteiger partial charge is 0.476 e. The zero-order chi connectivity index (χ0) is 14.7. The summed E-state index contributed by atoms with van der Waals surface area (Å²) >= 11 is 0. The summed E-state index contributed by atoms with van der Waals surface area (Å²) in [5.41, 5.74) is 0.736. The molecule has 0 saturated carbocycles. The number of rotatable bonds is 6. The minimum absolute atomic E-state index is 0.0542. The van der Waals surface area contributed by atoms with Crippen molar-refractivity contribution in [3.05, 3.63) is 29.6 Å². The van der Waals surface area contributed by atoms with E-state index in [-0.39, 0.29) is 5.69 Å². The Morgan fingerprint density at radius 3 is 2.75 bits per heavy atom. The fourth-order valence-corrected chi connectivity index (χ4v) is 2.11. The van der Waals surface area contributed by atoms with Crippen LogP contribution in [0.15, 0.2) is 12.4 Å². The average molecular weight is 277 g/mol. The average Bonchev–Trinajstić information content (AvgIpc) is 2.93. The Kier molecular flexibility index (Phi) is 4.16. The van der Waals surface area contributed by atoms with E-state index in [2.05, 4.69) is 15.3 Å². The van der Waals surface area contributed by atoms with Gasteiger partial charge in [0.05, 0.1) is 12.2 Å². The van der Waals surface area contributed by atoms with Crippen molar-refractivity contribution in [2.24, 2.45) is 13.0 Å². The summed E-state index contributed by atoms with van der Waals surface area (Å²) in [6, 6.07) is 0. The van der Waals surface area contributed by atoms with Crippen LogP contribution < -0.4 is 0 Å². The smallest absolute Gasteiger partial charge is 0.358 e. The molecule has 0 spiro atoms. The Morgan fingerprint density at radius 2 is 2.20 bits per heavy atom. The maximum Gasteiger partial charge on any atom is 0.358 e. The molecule has 0 aliphatic heterocycles. The molecule has 0 bridgehead atoms. The molecule has 1 N–H and O–H groups in total. The van der Waals surface area contributed by atoms with Crippen molar-refractivity contribution in [3.63, 3.8) is 0 Å². The lowest BCUT2D eigenvalue weighted by Crippen LogP contribution is -2.13. The summed E-state index contributed by atoms with van der Waals surface area (Å²) in [7, 11) is 1.93. The minimum Gasteiger partial charge on any atom is -0.476 e. The van der Waals surface area contributed by atoms with Crippen LogP contribution in [0.4, 0.5) is 0 Å². The molecule has 0 amide bonds. The predicted octanol–water partition coefficient (Wildman–Crippen LogP) is 1.15. The van der Waals surface area contributed by atoms with Gasteiger partial charge in [-0.05, 0) is 12.3 Å². The number of imidazole rings is 1. The van der Waals surface area contributed by atoms with E-state index in [1.165, 1.54) is 0 Å². The van der Waals surface area contributed by atoms with Crippen molar-refractivity contribution in [1.82, 2.24) is 24.5 Å². The molecule has 0 radical (unpaired) electrons. The Balaban J connectivity index is 2.18. The molecule has 0 aliphatic rings.